The van der Waals surface area contributed by atoms with E-state index in [1.54, 1.807) is 30.5 Å². The summed E-state index contributed by atoms with van der Waals surface area (Å²) < 4.78 is 5.61. The summed E-state index contributed by atoms with van der Waals surface area (Å²) in [5, 5.41) is 41.1. The number of imide groups is 1. The molecule has 3 heterocycles. The van der Waals surface area contributed by atoms with E-state index in [4.69, 9.17) is 4.42 Å². The number of nitrogens with zero attached hydrogens (tertiary/aromatic N) is 2. The fourth-order valence-electron chi connectivity index (χ4n) is 5.62. The van der Waals surface area contributed by atoms with Gasteiger partial charge < -0.3 is 24.8 Å². The summed E-state index contributed by atoms with van der Waals surface area (Å²) in [4.78, 5) is 31.7. The number of amides is 2. The first kappa shape index (κ1) is 26.9. The molecule has 2 amide bonds. The topological polar surface area (TPSA) is 144 Å². The zero-order valence-corrected chi connectivity index (χ0v) is 20.9. The van der Waals surface area contributed by atoms with E-state index in [1.165, 1.54) is 4.90 Å². The molecule has 9 nitrogen and oxygen atoms in total. The minimum absolute atomic E-state index is 0.189. The molecular weight excluding hydrogens is 476 g/mol. The maximum atomic E-state index is 13.1. The van der Waals surface area contributed by atoms with Gasteiger partial charge in [-0.25, -0.2) is 0 Å². The summed E-state index contributed by atoms with van der Waals surface area (Å²) in [7, 11) is 0. The number of aromatic nitrogens is 1. The first-order valence-corrected chi connectivity index (χ1v) is 12.7. The zero-order valence-electron chi connectivity index (χ0n) is 20.9. The molecule has 1 aliphatic carbocycles. The molecule has 2 aromatic rings. The molecule has 37 heavy (non-hydrogen) atoms. The zero-order chi connectivity index (χ0) is 26.5. The van der Waals surface area contributed by atoms with E-state index in [1.807, 2.05) is 19.1 Å². The predicted octanol–water partition coefficient (Wildman–Crippen LogP) is 2.16. The second kappa shape index (κ2) is 12.0. The largest absolute Gasteiger partial charge is 0.459 e. The summed E-state index contributed by atoms with van der Waals surface area (Å²) in [6.07, 6.45) is 3.88. The Kier molecular flexibility index (Phi) is 8.71. The van der Waals surface area contributed by atoms with Crippen LogP contribution in [-0.4, -0.2) is 68.0 Å². The number of aliphatic hydroxyl groups is 4. The predicted molar refractivity (Wildman–Crippen MR) is 135 cm³/mol. The number of hydrogen-bond donors (Lipinski definition) is 4. The summed E-state index contributed by atoms with van der Waals surface area (Å²) in [5.41, 5.74) is 2.45. The Morgan fingerprint density at radius 2 is 1.97 bits per heavy atom. The molecule has 198 valence electrons. The highest BCUT2D eigenvalue weighted by atomic mass is 16.4. The van der Waals surface area contributed by atoms with Gasteiger partial charge in [0.05, 0.1) is 36.8 Å². The van der Waals surface area contributed by atoms with Crippen molar-refractivity contribution in [2.24, 2.45) is 17.8 Å². The SMILES string of the molecule is CCCN1C(=O)[C@@H]2[C@@H](CC(CO)=C([C@H](O)CC/C(=C/c3ccc(CO)o3)c3ccccn3)[C@@H]2CO)C1=O. The van der Waals surface area contributed by atoms with E-state index in [9.17, 15) is 30.0 Å². The van der Waals surface area contributed by atoms with Crippen molar-refractivity contribution >= 4 is 23.5 Å². The van der Waals surface area contributed by atoms with Crippen molar-refractivity contribution in [3.8, 4) is 0 Å². The van der Waals surface area contributed by atoms with Gasteiger partial charge in [0.25, 0.3) is 0 Å². The third kappa shape index (κ3) is 5.45. The smallest absolute Gasteiger partial charge is 0.233 e. The Morgan fingerprint density at radius 1 is 1.16 bits per heavy atom. The lowest BCUT2D eigenvalue weighted by Gasteiger charge is -2.36. The second-order valence-electron chi connectivity index (χ2n) is 9.57. The Balaban J connectivity index is 1.60. The molecule has 4 atom stereocenters. The van der Waals surface area contributed by atoms with Crippen LogP contribution >= 0.6 is 0 Å². The minimum atomic E-state index is -1.04. The van der Waals surface area contributed by atoms with Crippen LogP contribution in [0.1, 0.15) is 49.8 Å². The number of aliphatic hydroxyl groups excluding tert-OH is 4. The average Bonchev–Trinajstić information content (AvgIpc) is 3.48. The number of furan rings is 1. The molecule has 1 saturated heterocycles. The lowest BCUT2D eigenvalue weighted by Crippen LogP contribution is -2.39. The number of allylic oxidation sites excluding steroid dienone is 1. The monoisotopic (exact) mass is 510 g/mol. The standard InChI is InChI=1S/C28H34N2O7/c1-2-11-30-27(35)21-13-18(14-31)25(22(16-33)26(21)28(30)36)24(34)9-6-17(23-5-3-4-10-29-23)12-19-7-8-20(15-32)37-19/h3-5,7-8,10,12,21-22,24,26,31-34H,2,6,9,11,13-16H2,1H3/b17-12-/t21-,22+,24-,26-/m1/s1. The highest BCUT2D eigenvalue weighted by Gasteiger charge is 2.54. The molecular formula is C28H34N2O7. The van der Waals surface area contributed by atoms with Crippen LogP contribution in [0.3, 0.4) is 0 Å². The molecule has 0 unspecified atom stereocenters. The van der Waals surface area contributed by atoms with Crippen molar-refractivity contribution in [2.45, 2.75) is 45.3 Å². The van der Waals surface area contributed by atoms with E-state index >= 15 is 0 Å². The van der Waals surface area contributed by atoms with Crippen molar-refractivity contribution < 1.29 is 34.4 Å². The van der Waals surface area contributed by atoms with Gasteiger partial charge in [0.2, 0.25) is 11.8 Å². The van der Waals surface area contributed by atoms with Crippen molar-refractivity contribution in [1.29, 1.82) is 0 Å². The van der Waals surface area contributed by atoms with Crippen molar-refractivity contribution in [3.05, 3.63) is 64.9 Å². The summed E-state index contributed by atoms with van der Waals surface area (Å²) >= 11 is 0. The molecule has 0 aromatic carbocycles. The van der Waals surface area contributed by atoms with Crippen LogP contribution in [0.2, 0.25) is 0 Å². The van der Waals surface area contributed by atoms with Crippen LogP contribution in [0.4, 0.5) is 0 Å². The molecule has 0 radical (unpaired) electrons. The van der Waals surface area contributed by atoms with Gasteiger partial charge >= 0.3 is 0 Å². The van der Waals surface area contributed by atoms with E-state index < -0.39 is 30.5 Å². The lowest BCUT2D eigenvalue weighted by atomic mass is 9.68. The third-order valence-corrected chi connectivity index (χ3v) is 7.30. The van der Waals surface area contributed by atoms with Gasteiger partial charge in [-0.05, 0) is 72.7 Å². The van der Waals surface area contributed by atoms with Crippen molar-refractivity contribution in [1.82, 2.24) is 9.88 Å². The lowest BCUT2D eigenvalue weighted by molar-refractivity contribution is -0.140. The second-order valence-corrected chi connectivity index (χ2v) is 9.57. The number of hydrogen-bond acceptors (Lipinski definition) is 8. The highest BCUT2D eigenvalue weighted by molar-refractivity contribution is 6.05. The quantitative estimate of drug-likeness (QED) is 0.266. The fraction of sp³-hybridized carbons (Fsp3) is 0.464. The molecule has 0 saturated carbocycles. The third-order valence-electron chi connectivity index (χ3n) is 7.30. The Morgan fingerprint density at radius 3 is 2.59 bits per heavy atom. The number of pyridine rings is 1. The van der Waals surface area contributed by atoms with Crippen LogP contribution < -0.4 is 0 Å². The van der Waals surface area contributed by atoms with Gasteiger partial charge in [-0.3, -0.25) is 19.5 Å². The molecule has 4 rings (SSSR count). The normalized spacial score (nSPS) is 23.1. The van der Waals surface area contributed by atoms with E-state index in [2.05, 4.69) is 4.98 Å². The average molecular weight is 511 g/mol. The summed E-state index contributed by atoms with van der Waals surface area (Å²) in [5.74, 6) is -1.73. The fourth-order valence-corrected chi connectivity index (χ4v) is 5.62. The summed E-state index contributed by atoms with van der Waals surface area (Å²) in [6.45, 7) is 1.22. The molecule has 0 bridgehead atoms. The molecule has 4 N–H and O–H groups in total. The first-order chi connectivity index (χ1) is 17.9. The summed E-state index contributed by atoms with van der Waals surface area (Å²) in [6, 6.07) is 8.93. The van der Waals surface area contributed by atoms with Crippen LogP contribution in [0.25, 0.3) is 11.6 Å². The number of rotatable bonds is 11. The van der Waals surface area contributed by atoms with Crippen LogP contribution in [0.15, 0.2) is 52.1 Å². The van der Waals surface area contributed by atoms with Gasteiger partial charge in [-0.2, -0.15) is 0 Å². The maximum absolute atomic E-state index is 13.1. The maximum Gasteiger partial charge on any atom is 0.233 e. The Bertz CT molecular complexity index is 1170. The number of carbonyl (C=O) groups is 2. The Hall–Kier alpha value is -3.11. The van der Waals surface area contributed by atoms with Gasteiger partial charge in [0.1, 0.15) is 18.1 Å². The van der Waals surface area contributed by atoms with E-state index in [0.717, 1.165) is 5.57 Å². The van der Waals surface area contributed by atoms with Crippen LogP contribution in [0, 0.1) is 17.8 Å². The van der Waals surface area contributed by atoms with Gasteiger partial charge in [0.15, 0.2) is 0 Å². The van der Waals surface area contributed by atoms with Crippen molar-refractivity contribution in [3.63, 3.8) is 0 Å². The van der Waals surface area contributed by atoms with Gasteiger partial charge in [0, 0.05) is 18.7 Å². The molecule has 1 fully saturated rings. The van der Waals surface area contributed by atoms with Crippen LogP contribution in [-0.2, 0) is 16.2 Å². The molecule has 0 spiro atoms. The molecule has 1 aliphatic heterocycles. The number of fused-ring (bicyclic) bond motifs is 1. The molecule has 2 aliphatic rings. The minimum Gasteiger partial charge on any atom is -0.459 e. The highest BCUT2D eigenvalue weighted by Crippen LogP contribution is 2.46. The number of likely N-dealkylation sites (tertiary alicyclic amines) is 1. The van der Waals surface area contributed by atoms with Gasteiger partial charge in [-0.1, -0.05) is 13.0 Å². The molecule has 9 heteroatoms. The first-order valence-electron chi connectivity index (χ1n) is 12.7. The molecule has 2 aromatic heterocycles. The van der Waals surface area contributed by atoms with Crippen LogP contribution in [0.5, 0.6) is 0 Å². The van der Waals surface area contributed by atoms with E-state index in [0.29, 0.717) is 47.7 Å². The van der Waals surface area contributed by atoms with Gasteiger partial charge in [-0.15, -0.1) is 0 Å². The van der Waals surface area contributed by atoms with Crippen molar-refractivity contribution in [2.75, 3.05) is 19.8 Å². The Labute approximate surface area is 215 Å². The number of carbonyl (C=O) groups excluding carboxylic acids is 2. The van der Waals surface area contributed by atoms with E-state index in [-0.39, 0.29) is 37.9 Å².